The number of nitrogens with zero attached hydrogens (tertiary/aromatic N) is 1. The highest BCUT2D eigenvalue weighted by Crippen LogP contribution is 2.48. The molecule has 1 rings (SSSR count). The maximum Gasteiger partial charge on any atom is 0.287 e. The highest BCUT2D eigenvalue weighted by molar-refractivity contribution is 7.84. The second-order valence-corrected chi connectivity index (χ2v) is 6.89. The lowest BCUT2D eigenvalue weighted by Gasteiger charge is -2.29. The van der Waals surface area contributed by atoms with Gasteiger partial charge in [-0.05, 0) is 18.3 Å². The Kier molecular flexibility index (Phi) is 4.20. The number of hydrogen-bond donors (Lipinski definition) is 0. The van der Waals surface area contributed by atoms with E-state index in [0.717, 1.165) is 13.1 Å². The Morgan fingerprint density at radius 1 is 1.77 bits per heavy atom. The predicted octanol–water partition coefficient (Wildman–Crippen LogP) is 1.40. The topological polar surface area (TPSA) is 38.8 Å². The molecule has 0 saturated carbocycles. The van der Waals surface area contributed by atoms with Gasteiger partial charge in [0.2, 0.25) is 0 Å². The molecule has 1 fully saturated rings. The zero-order chi connectivity index (χ0) is 9.90. The number of rotatable bonds is 3. The first-order valence-electron chi connectivity index (χ1n) is 4.19. The van der Waals surface area contributed by atoms with Crippen LogP contribution in [0.5, 0.6) is 0 Å². The zero-order valence-electron chi connectivity index (χ0n) is 7.90. The summed E-state index contributed by atoms with van der Waals surface area (Å²) in [5, 5.41) is 0. The standard InChI is InChI=1S/C7H15ClNO3P/c1-9-3-4-11-7(5-9)6-12-13(2,8)10/h7H,3-6H2,1-2H3. The van der Waals surface area contributed by atoms with E-state index in [9.17, 15) is 4.57 Å². The van der Waals surface area contributed by atoms with Crippen molar-refractivity contribution < 1.29 is 13.8 Å². The van der Waals surface area contributed by atoms with Crippen LogP contribution in [0.2, 0.25) is 0 Å². The van der Waals surface area contributed by atoms with Gasteiger partial charge in [-0.15, -0.1) is 0 Å². The molecule has 6 heteroatoms. The van der Waals surface area contributed by atoms with Gasteiger partial charge in [-0.3, -0.25) is 4.57 Å². The molecule has 78 valence electrons. The fourth-order valence-corrected chi connectivity index (χ4v) is 1.79. The van der Waals surface area contributed by atoms with Crippen LogP contribution >= 0.6 is 18.0 Å². The molecule has 4 nitrogen and oxygen atoms in total. The van der Waals surface area contributed by atoms with Crippen LogP contribution in [0.1, 0.15) is 0 Å². The molecule has 1 heterocycles. The third-order valence-corrected chi connectivity index (χ3v) is 2.74. The lowest BCUT2D eigenvalue weighted by Crippen LogP contribution is -2.41. The maximum atomic E-state index is 11.0. The van der Waals surface area contributed by atoms with Crippen molar-refractivity contribution in [2.75, 3.05) is 40.0 Å². The monoisotopic (exact) mass is 227 g/mol. The second kappa shape index (κ2) is 4.76. The highest BCUT2D eigenvalue weighted by atomic mass is 35.7. The minimum atomic E-state index is -2.88. The van der Waals surface area contributed by atoms with E-state index in [0.29, 0.717) is 13.2 Å². The van der Waals surface area contributed by atoms with Gasteiger partial charge in [0.05, 0.1) is 19.3 Å². The molecule has 1 aliphatic heterocycles. The number of morpholine rings is 1. The van der Waals surface area contributed by atoms with Crippen molar-refractivity contribution in [1.29, 1.82) is 0 Å². The Morgan fingerprint density at radius 2 is 2.46 bits per heavy atom. The van der Waals surface area contributed by atoms with Gasteiger partial charge in [0.25, 0.3) is 6.72 Å². The van der Waals surface area contributed by atoms with E-state index in [1.807, 2.05) is 7.05 Å². The van der Waals surface area contributed by atoms with Crippen LogP contribution in [0.25, 0.3) is 0 Å². The molecular formula is C7H15ClNO3P. The molecule has 1 saturated heterocycles. The molecule has 0 aromatic carbocycles. The van der Waals surface area contributed by atoms with Crippen LogP contribution in [0.15, 0.2) is 0 Å². The van der Waals surface area contributed by atoms with Gasteiger partial charge in [-0.2, -0.15) is 0 Å². The summed E-state index contributed by atoms with van der Waals surface area (Å²) in [6.07, 6.45) is -0.00854. The molecule has 0 bridgehead atoms. The second-order valence-electron chi connectivity index (χ2n) is 3.30. The average molecular weight is 228 g/mol. The molecular weight excluding hydrogens is 213 g/mol. The third kappa shape index (κ3) is 4.99. The minimum Gasteiger partial charge on any atom is -0.373 e. The predicted molar refractivity (Wildman–Crippen MR) is 52.6 cm³/mol. The summed E-state index contributed by atoms with van der Waals surface area (Å²) in [4.78, 5) is 2.15. The van der Waals surface area contributed by atoms with Gasteiger partial charge in [0, 0.05) is 19.8 Å². The summed E-state index contributed by atoms with van der Waals surface area (Å²) >= 11 is 5.45. The first kappa shape index (κ1) is 11.5. The Labute approximate surface area is 83.4 Å². The molecule has 2 atom stereocenters. The lowest BCUT2D eigenvalue weighted by atomic mass is 10.3. The molecule has 2 unspecified atom stereocenters. The first-order valence-corrected chi connectivity index (χ1v) is 7.17. The van der Waals surface area contributed by atoms with Crippen molar-refractivity contribution in [3.05, 3.63) is 0 Å². The van der Waals surface area contributed by atoms with E-state index >= 15 is 0 Å². The van der Waals surface area contributed by atoms with Crippen molar-refractivity contribution in [1.82, 2.24) is 4.90 Å². The molecule has 0 amide bonds. The van der Waals surface area contributed by atoms with E-state index < -0.39 is 6.72 Å². The Balaban J connectivity index is 2.25. The van der Waals surface area contributed by atoms with Crippen molar-refractivity contribution in [2.24, 2.45) is 0 Å². The van der Waals surface area contributed by atoms with Gasteiger partial charge < -0.3 is 14.2 Å². The minimum absolute atomic E-state index is 0.00854. The van der Waals surface area contributed by atoms with Gasteiger partial charge in [0.1, 0.15) is 0 Å². The number of ether oxygens (including phenoxy) is 1. The summed E-state index contributed by atoms with van der Waals surface area (Å²) in [7, 11) is 2.02. The van der Waals surface area contributed by atoms with Crippen molar-refractivity contribution in [3.63, 3.8) is 0 Å². The van der Waals surface area contributed by atoms with Crippen molar-refractivity contribution in [2.45, 2.75) is 6.10 Å². The van der Waals surface area contributed by atoms with Crippen LogP contribution < -0.4 is 0 Å². The Bertz CT molecular complexity index is 208. The first-order chi connectivity index (χ1) is 5.97. The summed E-state index contributed by atoms with van der Waals surface area (Å²) in [6, 6.07) is 0. The smallest absolute Gasteiger partial charge is 0.287 e. The fraction of sp³-hybridized carbons (Fsp3) is 1.00. The van der Waals surface area contributed by atoms with E-state index in [4.69, 9.17) is 20.5 Å². The molecule has 0 aliphatic carbocycles. The van der Waals surface area contributed by atoms with E-state index in [2.05, 4.69) is 4.90 Å². The number of hydrogen-bond acceptors (Lipinski definition) is 4. The molecule has 0 spiro atoms. The van der Waals surface area contributed by atoms with Gasteiger partial charge in [0.15, 0.2) is 0 Å². The fourth-order valence-electron chi connectivity index (χ4n) is 1.18. The lowest BCUT2D eigenvalue weighted by molar-refractivity contribution is -0.0393. The molecule has 0 radical (unpaired) electrons. The van der Waals surface area contributed by atoms with Crippen LogP contribution in [0.3, 0.4) is 0 Å². The number of halogens is 1. The van der Waals surface area contributed by atoms with Gasteiger partial charge in [-0.1, -0.05) is 0 Å². The summed E-state index contributed by atoms with van der Waals surface area (Å²) in [6.45, 7) is 1.25. The zero-order valence-corrected chi connectivity index (χ0v) is 9.55. The van der Waals surface area contributed by atoms with E-state index in [-0.39, 0.29) is 6.10 Å². The van der Waals surface area contributed by atoms with E-state index in [1.54, 1.807) is 0 Å². The van der Waals surface area contributed by atoms with Crippen LogP contribution in [-0.2, 0) is 13.8 Å². The molecule has 1 aliphatic rings. The van der Waals surface area contributed by atoms with Crippen LogP contribution in [0, 0.1) is 0 Å². The SMILES string of the molecule is CN1CCOC(COP(C)(=O)Cl)C1. The maximum absolute atomic E-state index is 11.0. The number of likely N-dealkylation sites (N-methyl/N-ethyl adjacent to an activating group) is 1. The average Bonchev–Trinajstić information content (AvgIpc) is 2.00. The normalized spacial score (nSPS) is 29.9. The largest absolute Gasteiger partial charge is 0.373 e. The Hall–Kier alpha value is 0.400. The van der Waals surface area contributed by atoms with Crippen LogP contribution in [0.4, 0.5) is 0 Å². The molecule has 0 N–H and O–H groups in total. The van der Waals surface area contributed by atoms with Gasteiger partial charge in [-0.25, -0.2) is 0 Å². The molecule has 0 aromatic rings. The van der Waals surface area contributed by atoms with Crippen molar-refractivity contribution >= 4 is 18.0 Å². The van der Waals surface area contributed by atoms with Crippen LogP contribution in [-0.4, -0.2) is 51.0 Å². The quantitative estimate of drug-likeness (QED) is 0.683. The Morgan fingerprint density at radius 3 is 3.00 bits per heavy atom. The van der Waals surface area contributed by atoms with Gasteiger partial charge >= 0.3 is 0 Å². The molecule has 13 heavy (non-hydrogen) atoms. The highest BCUT2D eigenvalue weighted by Gasteiger charge is 2.20. The third-order valence-electron chi connectivity index (χ3n) is 1.83. The summed E-state index contributed by atoms with van der Waals surface area (Å²) in [5.74, 6) is 0. The van der Waals surface area contributed by atoms with E-state index in [1.165, 1.54) is 6.66 Å². The summed E-state index contributed by atoms with van der Waals surface area (Å²) < 4.78 is 21.4. The molecule has 0 aromatic heterocycles. The summed E-state index contributed by atoms with van der Waals surface area (Å²) in [5.41, 5.74) is 0. The van der Waals surface area contributed by atoms with Crippen molar-refractivity contribution in [3.8, 4) is 0 Å².